The molecule has 2 aromatic heterocycles. The Bertz CT molecular complexity index is 839. The van der Waals surface area contributed by atoms with E-state index in [1.54, 1.807) is 10.4 Å². The number of thiophene rings is 1. The van der Waals surface area contributed by atoms with Gasteiger partial charge in [0.05, 0.1) is 6.54 Å². The average molecular weight is 334 g/mol. The van der Waals surface area contributed by atoms with Gasteiger partial charge in [0.25, 0.3) is 0 Å². The number of nitrogens with zero attached hydrogens (tertiary/aromatic N) is 2. The van der Waals surface area contributed by atoms with Gasteiger partial charge < -0.3 is 4.57 Å². The van der Waals surface area contributed by atoms with Gasteiger partial charge in [-0.2, -0.15) is 0 Å². The van der Waals surface area contributed by atoms with Crippen LogP contribution in [0.1, 0.15) is 40.0 Å². The zero-order chi connectivity index (χ0) is 16.4. The van der Waals surface area contributed by atoms with Gasteiger partial charge in [-0.3, -0.25) is 4.99 Å². The predicted octanol–water partition coefficient (Wildman–Crippen LogP) is 5.35. The molecule has 0 spiro atoms. The fraction of sp³-hybridized carbons (Fsp3) is 0.286. The molecule has 1 aliphatic rings. The van der Waals surface area contributed by atoms with Crippen LogP contribution in [0.25, 0.3) is 5.00 Å². The first-order valence-electron chi connectivity index (χ1n) is 8.64. The molecule has 1 aliphatic carbocycles. The van der Waals surface area contributed by atoms with Gasteiger partial charge in [0.2, 0.25) is 0 Å². The minimum atomic E-state index is 0.771. The van der Waals surface area contributed by atoms with Crippen molar-refractivity contribution in [3.8, 4) is 5.00 Å². The van der Waals surface area contributed by atoms with E-state index in [9.17, 15) is 0 Å². The number of hydrogen-bond acceptors (Lipinski definition) is 2. The number of hydrogen-bond donors (Lipinski definition) is 0. The topological polar surface area (TPSA) is 17.3 Å². The molecule has 0 saturated carbocycles. The molecule has 122 valence electrons. The van der Waals surface area contributed by atoms with Crippen LogP contribution in [0.2, 0.25) is 0 Å². The molecule has 2 heterocycles. The van der Waals surface area contributed by atoms with E-state index in [1.807, 2.05) is 17.6 Å². The van der Waals surface area contributed by atoms with Gasteiger partial charge in [-0.05, 0) is 55.9 Å². The van der Waals surface area contributed by atoms with E-state index in [4.69, 9.17) is 4.99 Å². The lowest BCUT2D eigenvalue weighted by atomic mass is 9.95. The van der Waals surface area contributed by atoms with Gasteiger partial charge in [-0.1, -0.05) is 29.8 Å². The number of rotatable bonds is 4. The number of aromatic nitrogens is 1. The zero-order valence-corrected chi connectivity index (χ0v) is 14.9. The third-order valence-corrected chi connectivity index (χ3v) is 6.01. The maximum absolute atomic E-state index is 4.76. The standard InChI is InChI=1S/C21H22N2S/c1-16-8-10-17(11-9-16)14-22-15-19-18-6-2-3-7-20(18)24-21(19)23-12-4-5-13-23/h4-5,8-14H,2-3,6-7,15H2,1H3. The highest BCUT2D eigenvalue weighted by Gasteiger charge is 2.20. The summed E-state index contributed by atoms with van der Waals surface area (Å²) < 4.78 is 2.25. The maximum Gasteiger partial charge on any atom is 0.105 e. The van der Waals surface area contributed by atoms with Gasteiger partial charge in [-0.25, -0.2) is 0 Å². The predicted molar refractivity (Wildman–Crippen MR) is 103 cm³/mol. The summed E-state index contributed by atoms with van der Waals surface area (Å²) in [5.41, 5.74) is 5.45. The number of fused-ring (bicyclic) bond motifs is 1. The van der Waals surface area contributed by atoms with E-state index < -0.39 is 0 Å². The Morgan fingerprint density at radius 3 is 2.62 bits per heavy atom. The van der Waals surface area contributed by atoms with Crippen LogP contribution in [0.4, 0.5) is 0 Å². The minimum Gasteiger partial charge on any atom is -0.315 e. The second-order valence-electron chi connectivity index (χ2n) is 6.47. The highest BCUT2D eigenvalue weighted by Crippen LogP contribution is 2.37. The van der Waals surface area contributed by atoms with Crippen molar-refractivity contribution in [2.24, 2.45) is 4.99 Å². The summed E-state index contributed by atoms with van der Waals surface area (Å²) in [6, 6.07) is 12.7. The zero-order valence-electron chi connectivity index (χ0n) is 14.0. The Hall–Kier alpha value is -2.13. The van der Waals surface area contributed by atoms with Crippen molar-refractivity contribution >= 4 is 17.6 Å². The molecule has 0 aliphatic heterocycles. The highest BCUT2D eigenvalue weighted by molar-refractivity contribution is 7.14. The van der Waals surface area contributed by atoms with E-state index in [1.165, 1.54) is 47.4 Å². The second-order valence-corrected chi connectivity index (χ2v) is 7.55. The number of aliphatic imine (C=N–C) groups is 1. The fourth-order valence-electron chi connectivity index (χ4n) is 3.35. The van der Waals surface area contributed by atoms with Crippen LogP contribution in [0.15, 0.2) is 53.8 Å². The maximum atomic E-state index is 4.76. The van der Waals surface area contributed by atoms with Crippen molar-refractivity contribution in [3.05, 3.63) is 75.9 Å². The lowest BCUT2D eigenvalue weighted by Crippen LogP contribution is -2.02. The van der Waals surface area contributed by atoms with E-state index in [0.29, 0.717) is 0 Å². The Labute approximate surface area is 147 Å². The first kappa shape index (κ1) is 15.4. The summed E-state index contributed by atoms with van der Waals surface area (Å²) in [6.07, 6.45) is 11.4. The molecule has 24 heavy (non-hydrogen) atoms. The van der Waals surface area contributed by atoms with Crippen LogP contribution < -0.4 is 0 Å². The molecule has 0 saturated heterocycles. The van der Waals surface area contributed by atoms with E-state index >= 15 is 0 Å². The molecule has 0 bridgehead atoms. The molecule has 0 atom stereocenters. The lowest BCUT2D eigenvalue weighted by Gasteiger charge is -2.12. The van der Waals surface area contributed by atoms with Crippen LogP contribution in [-0.4, -0.2) is 10.8 Å². The molecular formula is C21H22N2S. The van der Waals surface area contributed by atoms with E-state index in [0.717, 1.165) is 6.54 Å². The summed E-state index contributed by atoms with van der Waals surface area (Å²) in [4.78, 5) is 6.34. The first-order valence-corrected chi connectivity index (χ1v) is 9.46. The quantitative estimate of drug-likeness (QED) is 0.573. The Morgan fingerprint density at radius 1 is 1.08 bits per heavy atom. The molecule has 0 unspecified atom stereocenters. The average Bonchev–Trinajstić information content (AvgIpc) is 3.24. The van der Waals surface area contributed by atoms with Crippen molar-refractivity contribution in [2.75, 3.05) is 0 Å². The van der Waals surface area contributed by atoms with Crippen LogP contribution in [0, 0.1) is 6.92 Å². The molecule has 0 radical (unpaired) electrons. The number of benzene rings is 1. The van der Waals surface area contributed by atoms with Crippen LogP contribution in [-0.2, 0) is 19.4 Å². The molecule has 0 amide bonds. The molecule has 3 heteroatoms. The molecule has 1 aromatic carbocycles. The Morgan fingerprint density at radius 2 is 1.83 bits per heavy atom. The van der Waals surface area contributed by atoms with E-state index in [-0.39, 0.29) is 0 Å². The van der Waals surface area contributed by atoms with Crippen molar-refractivity contribution in [1.82, 2.24) is 4.57 Å². The summed E-state index contributed by atoms with van der Waals surface area (Å²) >= 11 is 1.96. The summed E-state index contributed by atoms with van der Waals surface area (Å²) in [6.45, 7) is 2.88. The lowest BCUT2D eigenvalue weighted by molar-refractivity contribution is 0.690. The monoisotopic (exact) mass is 334 g/mol. The highest BCUT2D eigenvalue weighted by atomic mass is 32.1. The van der Waals surface area contributed by atoms with Gasteiger partial charge in [0.15, 0.2) is 0 Å². The van der Waals surface area contributed by atoms with Crippen LogP contribution in [0.3, 0.4) is 0 Å². The molecule has 0 N–H and O–H groups in total. The molecule has 0 fully saturated rings. The van der Waals surface area contributed by atoms with Crippen molar-refractivity contribution in [2.45, 2.75) is 39.2 Å². The normalized spacial score (nSPS) is 14.2. The van der Waals surface area contributed by atoms with Gasteiger partial charge in [-0.15, -0.1) is 11.3 Å². The summed E-state index contributed by atoms with van der Waals surface area (Å²) in [7, 11) is 0. The summed E-state index contributed by atoms with van der Waals surface area (Å²) in [5, 5.41) is 1.35. The van der Waals surface area contributed by atoms with Crippen molar-refractivity contribution < 1.29 is 0 Å². The van der Waals surface area contributed by atoms with Gasteiger partial charge in [0.1, 0.15) is 5.00 Å². The van der Waals surface area contributed by atoms with Gasteiger partial charge >= 0.3 is 0 Å². The third-order valence-electron chi connectivity index (χ3n) is 4.67. The molecule has 4 rings (SSSR count). The SMILES string of the molecule is Cc1ccc(C=NCc2c(-n3cccc3)sc3c2CCCC3)cc1. The largest absolute Gasteiger partial charge is 0.315 e. The molecule has 3 aromatic rings. The molecule has 2 nitrogen and oxygen atoms in total. The van der Waals surface area contributed by atoms with Crippen LogP contribution in [0.5, 0.6) is 0 Å². The van der Waals surface area contributed by atoms with E-state index in [2.05, 4.69) is 60.3 Å². The second kappa shape index (κ2) is 6.78. The Kier molecular flexibility index (Phi) is 4.35. The minimum absolute atomic E-state index is 0.771. The fourth-order valence-corrected chi connectivity index (χ4v) is 4.72. The van der Waals surface area contributed by atoms with Crippen LogP contribution >= 0.6 is 11.3 Å². The third kappa shape index (κ3) is 3.09. The molecular weight excluding hydrogens is 312 g/mol. The number of aryl methyl sites for hydroxylation is 2. The van der Waals surface area contributed by atoms with Crippen molar-refractivity contribution in [1.29, 1.82) is 0 Å². The van der Waals surface area contributed by atoms with Gasteiger partial charge in [0, 0.05) is 29.0 Å². The smallest absolute Gasteiger partial charge is 0.105 e. The summed E-state index contributed by atoms with van der Waals surface area (Å²) in [5.74, 6) is 0. The Balaban J connectivity index is 1.64. The van der Waals surface area contributed by atoms with Crippen molar-refractivity contribution in [3.63, 3.8) is 0 Å². The first-order chi connectivity index (χ1) is 11.8.